The van der Waals surface area contributed by atoms with Gasteiger partial charge in [0.25, 0.3) is 0 Å². The number of aromatic amines is 1. The molecule has 0 saturated carbocycles. The summed E-state index contributed by atoms with van der Waals surface area (Å²) in [6.07, 6.45) is 1.74. The van der Waals surface area contributed by atoms with Gasteiger partial charge in [0.1, 0.15) is 12.4 Å². The van der Waals surface area contributed by atoms with E-state index in [0.29, 0.717) is 12.6 Å². The lowest BCUT2D eigenvalue weighted by molar-refractivity contribution is 0.304. The summed E-state index contributed by atoms with van der Waals surface area (Å²) in [4.78, 5) is 7.59. The molecule has 0 unspecified atom stereocenters. The molecule has 0 saturated heterocycles. The first-order valence-electron chi connectivity index (χ1n) is 8.48. The van der Waals surface area contributed by atoms with Crippen LogP contribution in [0.1, 0.15) is 11.1 Å². The Morgan fingerprint density at radius 2 is 1.85 bits per heavy atom. The van der Waals surface area contributed by atoms with Crippen LogP contribution in [-0.4, -0.2) is 16.2 Å². The topological polar surface area (TPSA) is 62.3 Å². The van der Waals surface area contributed by atoms with Gasteiger partial charge in [0.15, 0.2) is 0 Å². The van der Waals surface area contributed by atoms with Crippen molar-refractivity contribution in [1.82, 2.24) is 9.97 Å². The molecule has 2 N–H and O–H groups in total. The summed E-state index contributed by atoms with van der Waals surface area (Å²) in [6, 6.07) is 23.8. The quantitative estimate of drug-likeness (QED) is 0.326. The predicted octanol–water partition coefficient (Wildman–Crippen LogP) is 5.35. The van der Waals surface area contributed by atoms with Crippen molar-refractivity contribution in [3.05, 3.63) is 88.4 Å². The maximum absolute atomic E-state index is 5.86. The van der Waals surface area contributed by atoms with E-state index in [1.165, 1.54) is 0 Å². The third-order valence-electron chi connectivity index (χ3n) is 3.97. The molecule has 0 bridgehead atoms. The number of H-pyrrole nitrogens is 1. The SMILES string of the molecule is Brc1cc(/C=N/Nc2nc3ccccc3[nH]2)ccc1OCc1ccccc1. The van der Waals surface area contributed by atoms with Gasteiger partial charge in [0, 0.05) is 0 Å². The number of nitrogens with zero attached hydrogens (tertiary/aromatic N) is 2. The number of ether oxygens (including phenoxy) is 1. The van der Waals surface area contributed by atoms with Crippen LogP contribution < -0.4 is 10.2 Å². The first kappa shape index (κ1) is 17.3. The number of benzene rings is 3. The van der Waals surface area contributed by atoms with Crippen LogP contribution in [0.25, 0.3) is 11.0 Å². The largest absolute Gasteiger partial charge is 0.488 e. The van der Waals surface area contributed by atoms with Crippen LogP contribution in [0.15, 0.2) is 82.4 Å². The highest BCUT2D eigenvalue weighted by atomic mass is 79.9. The fourth-order valence-corrected chi connectivity index (χ4v) is 3.13. The Hall–Kier alpha value is -3.12. The van der Waals surface area contributed by atoms with Gasteiger partial charge >= 0.3 is 0 Å². The van der Waals surface area contributed by atoms with E-state index in [-0.39, 0.29) is 0 Å². The first-order valence-corrected chi connectivity index (χ1v) is 9.27. The van der Waals surface area contributed by atoms with Crippen LogP contribution in [0.3, 0.4) is 0 Å². The highest BCUT2D eigenvalue weighted by Crippen LogP contribution is 2.26. The molecule has 27 heavy (non-hydrogen) atoms. The van der Waals surface area contributed by atoms with Crippen molar-refractivity contribution in [1.29, 1.82) is 0 Å². The van der Waals surface area contributed by atoms with Crippen molar-refractivity contribution in [3.63, 3.8) is 0 Å². The second-order valence-corrected chi connectivity index (χ2v) is 6.79. The minimum atomic E-state index is 0.528. The molecule has 5 nitrogen and oxygen atoms in total. The van der Waals surface area contributed by atoms with Crippen molar-refractivity contribution in [2.75, 3.05) is 5.43 Å². The van der Waals surface area contributed by atoms with Gasteiger partial charge in [-0.25, -0.2) is 10.4 Å². The second kappa shape index (κ2) is 8.05. The lowest BCUT2D eigenvalue weighted by atomic mass is 10.2. The molecular weight excluding hydrogens is 404 g/mol. The zero-order chi connectivity index (χ0) is 18.5. The normalized spacial score (nSPS) is 11.1. The second-order valence-electron chi connectivity index (χ2n) is 5.94. The van der Waals surface area contributed by atoms with E-state index in [2.05, 4.69) is 36.4 Å². The highest BCUT2D eigenvalue weighted by Gasteiger charge is 2.03. The third kappa shape index (κ3) is 4.35. The van der Waals surface area contributed by atoms with Gasteiger partial charge in [-0.2, -0.15) is 5.10 Å². The number of hydrogen-bond acceptors (Lipinski definition) is 4. The van der Waals surface area contributed by atoms with Crippen LogP contribution in [0.5, 0.6) is 5.75 Å². The van der Waals surface area contributed by atoms with E-state index in [4.69, 9.17) is 4.74 Å². The number of imidazole rings is 1. The smallest absolute Gasteiger partial charge is 0.222 e. The number of halogens is 1. The lowest BCUT2D eigenvalue weighted by Gasteiger charge is -2.08. The molecule has 134 valence electrons. The molecule has 0 aliphatic rings. The predicted molar refractivity (Wildman–Crippen MR) is 112 cm³/mol. The highest BCUT2D eigenvalue weighted by molar-refractivity contribution is 9.10. The molecule has 1 heterocycles. The van der Waals surface area contributed by atoms with Gasteiger partial charge < -0.3 is 9.72 Å². The average Bonchev–Trinajstić information content (AvgIpc) is 3.11. The summed E-state index contributed by atoms with van der Waals surface area (Å²) in [5.74, 6) is 1.40. The number of aromatic nitrogens is 2. The van der Waals surface area contributed by atoms with E-state index in [9.17, 15) is 0 Å². The molecule has 4 aromatic rings. The number of rotatable bonds is 6. The number of hydrazone groups is 1. The molecule has 1 aromatic heterocycles. The van der Waals surface area contributed by atoms with Crippen molar-refractivity contribution < 1.29 is 4.74 Å². The summed E-state index contributed by atoms with van der Waals surface area (Å²) in [5.41, 5.74) is 6.86. The van der Waals surface area contributed by atoms with Gasteiger partial charge in [-0.1, -0.05) is 42.5 Å². The number of hydrogen-bond donors (Lipinski definition) is 2. The Labute approximate surface area is 165 Å². The fourth-order valence-electron chi connectivity index (χ4n) is 2.62. The minimum Gasteiger partial charge on any atom is -0.488 e. The van der Waals surface area contributed by atoms with E-state index in [1.807, 2.05) is 72.8 Å². The van der Waals surface area contributed by atoms with Gasteiger partial charge in [-0.3, -0.25) is 0 Å². The van der Waals surface area contributed by atoms with Crippen LogP contribution in [-0.2, 0) is 6.61 Å². The molecule has 0 aliphatic heterocycles. The summed E-state index contributed by atoms with van der Waals surface area (Å²) in [6.45, 7) is 0.528. The van der Waals surface area contributed by atoms with Crippen LogP contribution >= 0.6 is 15.9 Å². The van der Waals surface area contributed by atoms with E-state index in [1.54, 1.807) is 6.21 Å². The van der Waals surface area contributed by atoms with Crippen molar-refractivity contribution >= 4 is 39.1 Å². The van der Waals surface area contributed by atoms with E-state index in [0.717, 1.165) is 32.4 Å². The molecule has 0 spiro atoms. The van der Waals surface area contributed by atoms with Crippen molar-refractivity contribution in [3.8, 4) is 5.75 Å². The number of para-hydroxylation sites is 2. The van der Waals surface area contributed by atoms with E-state index < -0.39 is 0 Å². The molecule has 0 aliphatic carbocycles. The van der Waals surface area contributed by atoms with Gasteiger partial charge in [0.2, 0.25) is 5.95 Å². The Morgan fingerprint density at radius 1 is 1.04 bits per heavy atom. The first-order chi connectivity index (χ1) is 13.3. The summed E-state index contributed by atoms with van der Waals surface area (Å²) >= 11 is 3.56. The zero-order valence-electron chi connectivity index (χ0n) is 14.4. The van der Waals surface area contributed by atoms with Gasteiger partial charge in [-0.15, -0.1) is 0 Å². The Balaban J connectivity index is 1.39. The van der Waals surface area contributed by atoms with Gasteiger partial charge in [0.05, 0.1) is 21.7 Å². The number of fused-ring (bicyclic) bond motifs is 1. The Bertz CT molecular complexity index is 1040. The molecular formula is C21H17BrN4O. The molecule has 0 fully saturated rings. The van der Waals surface area contributed by atoms with Crippen molar-refractivity contribution in [2.24, 2.45) is 5.10 Å². The number of nitrogens with one attached hydrogen (secondary N) is 2. The standard InChI is InChI=1S/C21H17BrN4O/c22-17-12-16(10-11-20(17)27-14-15-6-2-1-3-7-15)13-23-26-21-24-18-8-4-5-9-19(18)25-21/h1-13H,14H2,(H2,24,25,26)/b23-13+. The van der Waals surface area contributed by atoms with Crippen LogP contribution in [0.4, 0.5) is 5.95 Å². The summed E-state index contributed by atoms with van der Waals surface area (Å²) < 4.78 is 6.74. The monoisotopic (exact) mass is 420 g/mol. The van der Waals surface area contributed by atoms with Crippen LogP contribution in [0.2, 0.25) is 0 Å². The zero-order valence-corrected chi connectivity index (χ0v) is 16.0. The summed E-state index contributed by atoms with van der Waals surface area (Å²) in [5, 5.41) is 4.24. The lowest BCUT2D eigenvalue weighted by Crippen LogP contribution is -1.97. The molecule has 6 heteroatoms. The Morgan fingerprint density at radius 3 is 2.67 bits per heavy atom. The third-order valence-corrected chi connectivity index (χ3v) is 4.59. The van der Waals surface area contributed by atoms with E-state index >= 15 is 0 Å². The van der Waals surface area contributed by atoms with Crippen molar-refractivity contribution in [2.45, 2.75) is 6.61 Å². The molecule has 0 atom stereocenters. The summed E-state index contributed by atoms with van der Waals surface area (Å²) in [7, 11) is 0. The Kier molecular flexibility index (Phi) is 5.16. The number of anilines is 1. The molecule has 0 amide bonds. The average molecular weight is 421 g/mol. The van der Waals surface area contributed by atoms with Gasteiger partial charge in [-0.05, 0) is 57.4 Å². The molecule has 4 rings (SSSR count). The van der Waals surface area contributed by atoms with Crippen LogP contribution in [0, 0.1) is 0 Å². The minimum absolute atomic E-state index is 0.528. The maximum Gasteiger partial charge on any atom is 0.222 e. The fraction of sp³-hybridized carbons (Fsp3) is 0.0476. The molecule has 0 radical (unpaired) electrons. The maximum atomic E-state index is 5.86. The molecule has 3 aromatic carbocycles.